The third kappa shape index (κ3) is 3.99. The molecule has 5 nitrogen and oxygen atoms in total. The summed E-state index contributed by atoms with van der Waals surface area (Å²) >= 11 is 5.83. The van der Waals surface area contributed by atoms with Crippen molar-refractivity contribution in [1.29, 1.82) is 0 Å². The number of hydrogen-bond donors (Lipinski definition) is 1. The molecular formula is C16H22ClN3O2. The molecule has 22 heavy (non-hydrogen) atoms. The molecule has 0 bridgehead atoms. The number of carbonyl (C=O) groups is 2. The lowest BCUT2D eigenvalue weighted by Gasteiger charge is -2.36. The van der Waals surface area contributed by atoms with E-state index in [-0.39, 0.29) is 11.8 Å². The lowest BCUT2D eigenvalue weighted by Crippen LogP contribution is -2.54. The van der Waals surface area contributed by atoms with Gasteiger partial charge in [0.25, 0.3) is 5.91 Å². The van der Waals surface area contributed by atoms with E-state index in [0.29, 0.717) is 43.2 Å². The molecule has 1 aromatic carbocycles. The van der Waals surface area contributed by atoms with Crippen LogP contribution in [0, 0.1) is 0 Å². The fourth-order valence-corrected chi connectivity index (χ4v) is 2.70. The Bertz CT molecular complexity index is 525. The van der Waals surface area contributed by atoms with Gasteiger partial charge < -0.3 is 15.5 Å². The van der Waals surface area contributed by atoms with E-state index in [9.17, 15) is 9.59 Å². The molecule has 2 rings (SSSR count). The summed E-state index contributed by atoms with van der Waals surface area (Å²) in [5.41, 5.74) is 6.49. The van der Waals surface area contributed by atoms with Crippen molar-refractivity contribution in [3.05, 3.63) is 34.9 Å². The molecule has 0 aromatic heterocycles. The van der Waals surface area contributed by atoms with Crippen molar-refractivity contribution in [3.8, 4) is 0 Å². The summed E-state index contributed by atoms with van der Waals surface area (Å²) in [6.07, 6.45) is 1.59. The molecule has 1 atom stereocenters. The summed E-state index contributed by atoms with van der Waals surface area (Å²) < 4.78 is 0. The van der Waals surface area contributed by atoms with Crippen molar-refractivity contribution in [2.75, 3.05) is 26.2 Å². The molecule has 0 saturated carbocycles. The van der Waals surface area contributed by atoms with Crippen LogP contribution in [0.5, 0.6) is 0 Å². The van der Waals surface area contributed by atoms with E-state index in [2.05, 4.69) is 0 Å². The number of nitrogens with two attached hydrogens (primary N) is 1. The maximum absolute atomic E-state index is 12.4. The zero-order valence-electron chi connectivity index (χ0n) is 12.8. The first kappa shape index (κ1) is 16.8. The molecule has 1 aromatic rings. The predicted octanol–water partition coefficient (Wildman–Crippen LogP) is 1.75. The molecule has 0 radical (unpaired) electrons. The second kappa shape index (κ2) is 7.61. The molecule has 2 N–H and O–H groups in total. The van der Waals surface area contributed by atoms with Crippen LogP contribution in [0.25, 0.3) is 0 Å². The Morgan fingerprint density at radius 2 is 1.68 bits per heavy atom. The first-order chi connectivity index (χ1) is 10.5. The highest BCUT2D eigenvalue weighted by atomic mass is 35.5. The van der Waals surface area contributed by atoms with Crippen LogP contribution in [0.3, 0.4) is 0 Å². The van der Waals surface area contributed by atoms with Gasteiger partial charge in [0.2, 0.25) is 5.91 Å². The van der Waals surface area contributed by atoms with Gasteiger partial charge in [0.05, 0.1) is 6.04 Å². The van der Waals surface area contributed by atoms with Gasteiger partial charge in [-0.25, -0.2) is 0 Å². The molecule has 1 aliphatic heterocycles. The number of halogens is 1. The van der Waals surface area contributed by atoms with E-state index in [1.54, 1.807) is 34.1 Å². The smallest absolute Gasteiger partial charge is 0.253 e. The lowest BCUT2D eigenvalue weighted by atomic mass is 10.1. The van der Waals surface area contributed by atoms with Crippen molar-refractivity contribution >= 4 is 23.4 Å². The predicted molar refractivity (Wildman–Crippen MR) is 86.8 cm³/mol. The lowest BCUT2D eigenvalue weighted by molar-refractivity contribution is -0.134. The Hall–Kier alpha value is -1.59. The average Bonchev–Trinajstić information content (AvgIpc) is 2.54. The molecule has 0 spiro atoms. The van der Waals surface area contributed by atoms with Gasteiger partial charge in [0.1, 0.15) is 0 Å². The van der Waals surface area contributed by atoms with E-state index in [1.807, 2.05) is 6.92 Å². The maximum Gasteiger partial charge on any atom is 0.253 e. The summed E-state index contributed by atoms with van der Waals surface area (Å²) in [5, 5.41) is 0.608. The standard InChI is InChI=1S/C16H22ClN3O2/c1-2-3-14(18)16(22)20-10-8-19(9-11-20)15(21)12-4-6-13(17)7-5-12/h4-7,14H,2-3,8-11,18H2,1H3. The number of rotatable bonds is 4. The second-order valence-electron chi connectivity index (χ2n) is 5.52. The second-order valence-corrected chi connectivity index (χ2v) is 5.96. The van der Waals surface area contributed by atoms with Gasteiger partial charge in [0, 0.05) is 36.8 Å². The van der Waals surface area contributed by atoms with Gasteiger partial charge in [-0.15, -0.1) is 0 Å². The van der Waals surface area contributed by atoms with Crippen molar-refractivity contribution in [2.24, 2.45) is 5.73 Å². The van der Waals surface area contributed by atoms with E-state index in [0.717, 1.165) is 6.42 Å². The minimum atomic E-state index is -0.427. The SMILES string of the molecule is CCCC(N)C(=O)N1CCN(C(=O)c2ccc(Cl)cc2)CC1. The molecule has 1 fully saturated rings. The summed E-state index contributed by atoms with van der Waals surface area (Å²) in [6, 6.07) is 6.43. The van der Waals surface area contributed by atoms with Crippen LogP contribution in [0.15, 0.2) is 24.3 Å². The molecule has 0 aliphatic carbocycles. The molecule has 1 heterocycles. The van der Waals surface area contributed by atoms with E-state index in [1.165, 1.54) is 0 Å². The molecule has 1 aliphatic rings. The van der Waals surface area contributed by atoms with Gasteiger partial charge in [-0.2, -0.15) is 0 Å². The Morgan fingerprint density at radius 3 is 2.23 bits per heavy atom. The number of piperazine rings is 1. The summed E-state index contributed by atoms with van der Waals surface area (Å²) in [5.74, 6) is -0.0398. The minimum Gasteiger partial charge on any atom is -0.338 e. The van der Waals surface area contributed by atoms with Crippen LogP contribution >= 0.6 is 11.6 Å². The Balaban J connectivity index is 1.90. The topological polar surface area (TPSA) is 66.6 Å². The average molecular weight is 324 g/mol. The van der Waals surface area contributed by atoms with Crippen LogP contribution in [-0.4, -0.2) is 53.8 Å². The van der Waals surface area contributed by atoms with Crippen LogP contribution in [-0.2, 0) is 4.79 Å². The molecular weight excluding hydrogens is 302 g/mol. The molecule has 2 amide bonds. The normalized spacial score (nSPS) is 16.5. The van der Waals surface area contributed by atoms with Crippen LogP contribution in [0.4, 0.5) is 0 Å². The Morgan fingerprint density at radius 1 is 1.14 bits per heavy atom. The van der Waals surface area contributed by atoms with Gasteiger partial charge in [-0.1, -0.05) is 24.9 Å². The van der Waals surface area contributed by atoms with E-state index in [4.69, 9.17) is 17.3 Å². The third-order valence-electron chi connectivity index (χ3n) is 3.89. The molecule has 6 heteroatoms. The van der Waals surface area contributed by atoms with Crippen LogP contribution in [0.1, 0.15) is 30.1 Å². The van der Waals surface area contributed by atoms with Crippen molar-refractivity contribution in [1.82, 2.24) is 9.80 Å². The summed E-state index contributed by atoms with van der Waals surface area (Å²) in [6.45, 7) is 4.15. The fraction of sp³-hybridized carbons (Fsp3) is 0.500. The van der Waals surface area contributed by atoms with E-state index >= 15 is 0 Å². The Kier molecular flexibility index (Phi) is 5.80. The first-order valence-electron chi connectivity index (χ1n) is 7.62. The van der Waals surface area contributed by atoms with Crippen molar-refractivity contribution in [3.63, 3.8) is 0 Å². The summed E-state index contributed by atoms with van der Waals surface area (Å²) in [4.78, 5) is 28.1. The van der Waals surface area contributed by atoms with Crippen molar-refractivity contribution < 1.29 is 9.59 Å². The number of carbonyl (C=O) groups excluding carboxylic acids is 2. The summed E-state index contributed by atoms with van der Waals surface area (Å²) in [7, 11) is 0. The number of nitrogens with zero attached hydrogens (tertiary/aromatic N) is 2. The number of amides is 2. The van der Waals surface area contributed by atoms with Gasteiger partial charge >= 0.3 is 0 Å². The quantitative estimate of drug-likeness (QED) is 0.918. The highest BCUT2D eigenvalue weighted by Crippen LogP contribution is 2.13. The van der Waals surface area contributed by atoms with Crippen LogP contribution in [0.2, 0.25) is 5.02 Å². The van der Waals surface area contributed by atoms with Crippen molar-refractivity contribution in [2.45, 2.75) is 25.8 Å². The highest BCUT2D eigenvalue weighted by molar-refractivity contribution is 6.30. The number of benzene rings is 1. The molecule has 1 saturated heterocycles. The maximum atomic E-state index is 12.4. The van der Waals surface area contributed by atoms with Crippen LogP contribution < -0.4 is 5.73 Å². The Labute approximate surface area is 136 Å². The third-order valence-corrected chi connectivity index (χ3v) is 4.14. The molecule has 1 unspecified atom stereocenters. The minimum absolute atomic E-state index is 0.0135. The zero-order chi connectivity index (χ0) is 16.1. The zero-order valence-corrected chi connectivity index (χ0v) is 13.6. The molecule has 120 valence electrons. The number of hydrogen-bond acceptors (Lipinski definition) is 3. The van der Waals surface area contributed by atoms with Gasteiger partial charge in [-0.05, 0) is 30.7 Å². The monoisotopic (exact) mass is 323 g/mol. The highest BCUT2D eigenvalue weighted by Gasteiger charge is 2.27. The first-order valence-corrected chi connectivity index (χ1v) is 8.00. The largest absolute Gasteiger partial charge is 0.338 e. The van der Waals surface area contributed by atoms with E-state index < -0.39 is 6.04 Å². The van der Waals surface area contributed by atoms with Gasteiger partial charge in [0.15, 0.2) is 0 Å². The van der Waals surface area contributed by atoms with Gasteiger partial charge in [-0.3, -0.25) is 9.59 Å². The fourth-order valence-electron chi connectivity index (χ4n) is 2.57.